The van der Waals surface area contributed by atoms with Crippen LogP contribution in [0.25, 0.3) is 0 Å². The molecule has 8 heteroatoms. The Labute approximate surface area is 150 Å². The molecule has 1 aromatic carbocycles. The van der Waals surface area contributed by atoms with Crippen LogP contribution in [-0.4, -0.2) is 36.5 Å². The van der Waals surface area contributed by atoms with Crippen molar-refractivity contribution < 1.29 is 14.7 Å². The fourth-order valence-electron chi connectivity index (χ4n) is 2.40. The number of hydrogen-bond acceptors (Lipinski definition) is 4. The van der Waals surface area contributed by atoms with E-state index in [0.29, 0.717) is 17.9 Å². The number of amides is 1. The third-order valence-corrected chi connectivity index (χ3v) is 3.80. The van der Waals surface area contributed by atoms with Crippen molar-refractivity contribution in [3.05, 3.63) is 65.6 Å². The lowest BCUT2D eigenvalue weighted by atomic mass is 10.1. The number of nitrogens with one attached hydrogen (secondary N) is 1. The quantitative estimate of drug-likeness (QED) is 0.678. The normalized spacial score (nSPS) is 10.7. The number of carbonyl (C=O) groups is 2. The second-order valence-electron chi connectivity index (χ2n) is 5.97. The number of anilines is 1. The van der Waals surface area contributed by atoms with Crippen molar-refractivity contribution in [3.63, 3.8) is 0 Å². The Balaban J connectivity index is 1.59. The highest BCUT2D eigenvalue weighted by Gasteiger charge is 2.11. The van der Waals surface area contributed by atoms with Crippen LogP contribution in [0.5, 0.6) is 0 Å². The predicted molar refractivity (Wildman–Crippen MR) is 94.9 cm³/mol. The minimum absolute atomic E-state index is 0.0494. The van der Waals surface area contributed by atoms with Crippen LogP contribution in [-0.2, 0) is 17.9 Å². The van der Waals surface area contributed by atoms with Crippen molar-refractivity contribution in [1.82, 2.24) is 19.6 Å². The molecule has 0 aliphatic rings. The first-order valence-electron chi connectivity index (χ1n) is 8.14. The van der Waals surface area contributed by atoms with E-state index in [1.807, 2.05) is 31.2 Å². The Kier molecular flexibility index (Phi) is 5.12. The van der Waals surface area contributed by atoms with Crippen LogP contribution in [0.15, 0.2) is 48.9 Å². The number of aromatic nitrogens is 4. The lowest BCUT2D eigenvalue weighted by molar-refractivity contribution is -0.137. The van der Waals surface area contributed by atoms with Crippen LogP contribution in [0.2, 0.25) is 0 Å². The molecule has 0 spiro atoms. The zero-order valence-electron chi connectivity index (χ0n) is 14.3. The van der Waals surface area contributed by atoms with Gasteiger partial charge in [-0.05, 0) is 12.5 Å². The summed E-state index contributed by atoms with van der Waals surface area (Å²) in [4.78, 5) is 22.8. The maximum absolute atomic E-state index is 12.2. The van der Waals surface area contributed by atoms with E-state index in [4.69, 9.17) is 5.11 Å². The minimum Gasteiger partial charge on any atom is -0.481 e. The Morgan fingerprint density at radius 2 is 1.92 bits per heavy atom. The number of carboxylic acid groups (broad SMARTS) is 1. The van der Waals surface area contributed by atoms with E-state index < -0.39 is 5.97 Å². The van der Waals surface area contributed by atoms with Crippen molar-refractivity contribution in [3.8, 4) is 0 Å². The number of aliphatic carboxylic acids is 1. The molecule has 26 heavy (non-hydrogen) atoms. The van der Waals surface area contributed by atoms with Gasteiger partial charge in [0.1, 0.15) is 0 Å². The summed E-state index contributed by atoms with van der Waals surface area (Å²) in [7, 11) is 0. The van der Waals surface area contributed by atoms with E-state index in [2.05, 4.69) is 15.5 Å². The Morgan fingerprint density at radius 3 is 2.65 bits per heavy atom. The first-order valence-corrected chi connectivity index (χ1v) is 8.14. The summed E-state index contributed by atoms with van der Waals surface area (Å²) in [6, 6.07) is 9.90. The van der Waals surface area contributed by atoms with Gasteiger partial charge in [0.05, 0.1) is 31.3 Å². The predicted octanol–water partition coefficient (Wildman–Crippen LogP) is 2.16. The highest BCUT2D eigenvalue weighted by molar-refractivity contribution is 6.03. The first kappa shape index (κ1) is 17.4. The molecule has 0 saturated carbocycles. The molecule has 134 valence electrons. The van der Waals surface area contributed by atoms with Gasteiger partial charge in [0.2, 0.25) is 0 Å². The Morgan fingerprint density at radius 1 is 1.15 bits per heavy atom. The molecular formula is C18H19N5O3. The zero-order valence-corrected chi connectivity index (χ0v) is 14.3. The molecule has 0 radical (unpaired) electrons. The van der Waals surface area contributed by atoms with Crippen LogP contribution >= 0.6 is 0 Å². The molecule has 0 atom stereocenters. The number of aryl methyl sites for hydroxylation is 2. The van der Waals surface area contributed by atoms with Crippen molar-refractivity contribution in [2.45, 2.75) is 26.4 Å². The van der Waals surface area contributed by atoms with E-state index in [9.17, 15) is 9.59 Å². The van der Waals surface area contributed by atoms with Gasteiger partial charge in [-0.1, -0.05) is 29.8 Å². The van der Waals surface area contributed by atoms with Crippen molar-refractivity contribution in [2.24, 2.45) is 0 Å². The largest absolute Gasteiger partial charge is 0.481 e. The molecular weight excluding hydrogens is 334 g/mol. The summed E-state index contributed by atoms with van der Waals surface area (Å²) in [5, 5.41) is 19.7. The molecule has 3 aromatic rings. The smallest absolute Gasteiger partial charge is 0.305 e. The lowest BCUT2D eigenvalue weighted by Gasteiger charge is -2.03. The second kappa shape index (κ2) is 7.64. The fourth-order valence-corrected chi connectivity index (χ4v) is 2.40. The van der Waals surface area contributed by atoms with E-state index in [0.717, 1.165) is 5.56 Å². The molecule has 1 amide bonds. The molecule has 0 fully saturated rings. The molecule has 0 aliphatic carbocycles. The van der Waals surface area contributed by atoms with Crippen LogP contribution in [0.4, 0.5) is 5.82 Å². The fraction of sp³-hybridized carbons (Fsp3) is 0.222. The summed E-state index contributed by atoms with van der Waals surface area (Å²) in [6.45, 7) is 2.87. The zero-order chi connectivity index (χ0) is 18.5. The average molecular weight is 353 g/mol. The molecule has 0 aliphatic heterocycles. The van der Waals surface area contributed by atoms with Crippen LogP contribution in [0, 0.1) is 6.92 Å². The molecule has 2 N–H and O–H groups in total. The number of rotatable bonds is 7. The molecule has 3 rings (SSSR count). The third-order valence-electron chi connectivity index (χ3n) is 3.80. The van der Waals surface area contributed by atoms with E-state index in [-0.39, 0.29) is 18.9 Å². The minimum atomic E-state index is -0.911. The maximum Gasteiger partial charge on any atom is 0.305 e. The van der Waals surface area contributed by atoms with Crippen LogP contribution in [0.1, 0.15) is 27.9 Å². The van der Waals surface area contributed by atoms with E-state index in [1.165, 1.54) is 22.6 Å². The van der Waals surface area contributed by atoms with Gasteiger partial charge in [-0.15, -0.1) is 0 Å². The molecule has 0 unspecified atom stereocenters. The van der Waals surface area contributed by atoms with Gasteiger partial charge in [-0.25, -0.2) is 0 Å². The molecule has 0 saturated heterocycles. The van der Waals surface area contributed by atoms with Gasteiger partial charge in [0.15, 0.2) is 5.82 Å². The van der Waals surface area contributed by atoms with Gasteiger partial charge >= 0.3 is 5.97 Å². The molecule has 8 nitrogen and oxygen atoms in total. The highest BCUT2D eigenvalue weighted by Crippen LogP contribution is 2.09. The van der Waals surface area contributed by atoms with E-state index >= 15 is 0 Å². The summed E-state index contributed by atoms with van der Waals surface area (Å²) in [6.07, 6.45) is 4.67. The first-order chi connectivity index (χ1) is 12.5. The monoisotopic (exact) mass is 353 g/mol. The number of benzene rings is 1. The Bertz CT molecular complexity index is 911. The van der Waals surface area contributed by atoms with Gasteiger partial charge in [0, 0.05) is 18.5 Å². The molecule has 0 bridgehead atoms. The summed E-state index contributed by atoms with van der Waals surface area (Å²) < 4.78 is 3.18. The topological polar surface area (TPSA) is 102 Å². The van der Waals surface area contributed by atoms with Crippen molar-refractivity contribution in [1.29, 1.82) is 0 Å². The van der Waals surface area contributed by atoms with Gasteiger partial charge in [0.25, 0.3) is 5.91 Å². The maximum atomic E-state index is 12.2. The standard InChI is InChI=1S/C18H19N5O3/c1-13-2-4-14(5-3-13)11-23-8-6-16(21-23)20-18(26)15-10-19-22(12-15)9-7-17(24)25/h2-6,8,10,12H,7,9,11H2,1H3,(H,24,25)(H,20,21,26). The second-order valence-corrected chi connectivity index (χ2v) is 5.97. The van der Waals surface area contributed by atoms with Crippen LogP contribution in [0.3, 0.4) is 0 Å². The number of hydrogen-bond donors (Lipinski definition) is 2. The summed E-state index contributed by atoms with van der Waals surface area (Å²) in [5.74, 6) is -0.807. The highest BCUT2D eigenvalue weighted by atomic mass is 16.4. The number of nitrogens with zero attached hydrogens (tertiary/aromatic N) is 4. The number of carboxylic acids is 1. The van der Waals surface area contributed by atoms with Crippen molar-refractivity contribution in [2.75, 3.05) is 5.32 Å². The van der Waals surface area contributed by atoms with Gasteiger partial charge in [-0.2, -0.15) is 10.2 Å². The SMILES string of the molecule is Cc1ccc(Cn2ccc(NC(=O)c3cnn(CCC(=O)O)c3)n2)cc1. The van der Waals surface area contributed by atoms with Gasteiger partial charge in [-0.3, -0.25) is 19.0 Å². The summed E-state index contributed by atoms with van der Waals surface area (Å²) >= 11 is 0. The Hall–Kier alpha value is -3.42. The number of carbonyl (C=O) groups excluding carboxylic acids is 1. The third kappa shape index (κ3) is 4.56. The average Bonchev–Trinajstić information content (AvgIpc) is 3.24. The van der Waals surface area contributed by atoms with Crippen LogP contribution < -0.4 is 5.32 Å². The summed E-state index contributed by atoms with van der Waals surface area (Å²) in [5.41, 5.74) is 2.67. The van der Waals surface area contributed by atoms with Crippen molar-refractivity contribution >= 4 is 17.7 Å². The molecule has 2 aromatic heterocycles. The van der Waals surface area contributed by atoms with E-state index in [1.54, 1.807) is 16.9 Å². The molecule has 2 heterocycles. The van der Waals surface area contributed by atoms with Gasteiger partial charge < -0.3 is 10.4 Å². The lowest BCUT2D eigenvalue weighted by Crippen LogP contribution is -2.12.